The number of benzene rings is 1. The molecule has 1 aliphatic rings. The Labute approximate surface area is 152 Å². The van der Waals surface area contributed by atoms with Gasteiger partial charge in [0.15, 0.2) is 0 Å². The molecule has 0 aromatic heterocycles. The molecule has 144 valence electrons. The highest BCUT2D eigenvalue weighted by Gasteiger charge is 2.12. The lowest BCUT2D eigenvalue weighted by Gasteiger charge is -2.16. The first-order valence-electron chi connectivity index (χ1n) is 8.48. The van der Waals surface area contributed by atoms with Gasteiger partial charge < -0.3 is 28.4 Å². The molecular formula is C17H25N3O6. The van der Waals surface area contributed by atoms with E-state index in [0.717, 1.165) is 11.1 Å². The Kier molecular flexibility index (Phi) is 9.81. The van der Waals surface area contributed by atoms with E-state index in [4.69, 9.17) is 34.0 Å². The van der Waals surface area contributed by atoms with Crippen molar-refractivity contribution in [3.05, 3.63) is 33.7 Å². The summed E-state index contributed by atoms with van der Waals surface area (Å²) in [5.74, 6) is 0.665. The van der Waals surface area contributed by atoms with Crippen molar-refractivity contribution in [3.8, 4) is 5.75 Å². The average molecular weight is 367 g/mol. The Hall–Kier alpha value is -1.87. The highest BCUT2D eigenvalue weighted by molar-refractivity contribution is 5.52. The number of hydrogen-bond donors (Lipinski definition) is 0. The first-order valence-corrected chi connectivity index (χ1v) is 8.48. The topological polar surface area (TPSA) is 104 Å². The van der Waals surface area contributed by atoms with Crippen LogP contribution in [0.3, 0.4) is 0 Å². The molecule has 0 aliphatic carbocycles. The zero-order valence-electron chi connectivity index (χ0n) is 15.0. The van der Waals surface area contributed by atoms with Crippen LogP contribution < -0.4 is 4.74 Å². The Morgan fingerprint density at radius 1 is 0.808 bits per heavy atom. The van der Waals surface area contributed by atoms with Gasteiger partial charge in [0, 0.05) is 21.7 Å². The smallest absolute Gasteiger partial charge is 0.129 e. The lowest BCUT2D eigenvalue weighted by molar-refractivity contribution is -0.0147. The molecule has 0 saturated carbocycles. The molecule has 26 heavy (non-hydrogen) atoms. The van der Waals surface area contributed by atoms with E-state index in [1.807, 2.05) is 0 Å². The molecular weight excluding hydrogens is 342 g/mol. The van der Waals surface area contributed by atoms with Crippen molar-refractivity contribution in [3.63, 3.8) is 0 Å². The zero-order valence-corrected chi connectivity index (χ0v) is 15.0. The van der Waals surface area contributed by atoms with Gasteiger partial charge in [0.25, 0.3) is 0 Å². The molecule has 1 aromatic carbocycles. The van der Waals surface area contributed by atoms with Crippen LogP contribution in [-0.2, 0) is 36.9 Å². The van der Waals surface area contributed by atoms with Crippen LogP contribution in [0.1, 0.15) is 11.1 Å². The highest BCUT2D eigenvalue weighted by atomic mass is 16.6. The number of fused-ring (bicyclic) bond motifs is 2. The van der Waals surface area contributed by atoms with Crippen molar-refractivity contribution in [1.82, 2.24) is 0 Å². The molecule has 2 rings (SSSR count). The first-order chi connectivity index (χ1) is 12.8. The van der Waals surface area contributed by atoms with Gasteiger partial charge in [0.2, 0.25) is 0 Å². The van der Waals surface area contributed by atoms with Gasteiger partial charge in [-0.2, -0.15) is 0 Å². The lowest BCUT2D eigenvalue weighted by atomic mass is 10.1. The number of hydrogen-bond acceptors (Lipinski definition) is 7. The fourth-order valence-corrected chi connectivity index (χ4v) is 2.46. The molecule has 0 N–H and O–H groups in total. The monoisotopic (exact) mass is 367 g/mol. The maximum absolute atomic E-state index is 8.72. The number of rotatable bonds is 2. The third-order valence-corrected chi connectivity index (χ3v) is 3.60. The van der Waals surface area contributed by atoms with E-state index in [9.17, 15) is 0 Å². The molecule has 0 atom stereocenters. The minimum atomic E-state index is 0.313. The molecule has 0 spiro atoms. The Morgan fingerprint density at radius 3 is 1.62 bits per heavy atom. The van der Waals surface area contributed by atoms with Crippen LogP contribution in [0.4, 0.5) is 5.69 Å². The predicted molar refractivity (Wildman–Crippen MR) is 93.6 cm³/mol. The SMILES string of the molecule is COc1c2cc(N=[N+]=[N-])cc1COCCOCCOCCOCCOC2. The summed E-state index contributed by atoms with van der Waals surface area (Å²) in [6, 6.07) is 3.50. The summed E-state index contributed by atoms with van der Waals surface area (Å²) < 4.78 is 33.1. The van der Waals surface area contributed by atoms with E-state index in [-0.39, 0.29) is 0 Å². The number of azide groups is 1. The first kappa shape index (κ1) is 20.4. The second-order valence-corrected chi connectivity index (χ2v) is 5.43. The molecule has 0 fully saturated rings. The van der Waals surface area contributed by atoms with E-state index in [1.54, 1.807) is 19.2 Å². The Bertz CT molecular complexity index is 555. The average Bonchev–Trinajstić information content (AvgIpc) is 2.64. The molecule has 1 aromatic rings. The second-order valence-electron chi connectivity index (χ2n) is 5.43. The van der Waals surface area contributed by atoms with Crippen LogP contribution in [0.15, 0.2) is 17.2 Å². The van der Waals surface area contributed by atoms with E-state index in [2.05, 4.69) is 10.0 Å². The normalized spacial score (nSPS) is 18.2. The minimum absolute atomic E-state index is 0.313. The van der Waals surface area contributed by atoms with Crippen molar-refractivity contribution in [2.75, 3.05) is 60.0 Å². The van der Waals surface area contributed by atoms with Gasteiger partial charge >= 0.3 is 0 Å². The standard InChI is InChI=1S/C17H25N3O6/c1-21-17-14-10-16(19-20-18)11-15(17)13-26-9-7-24-5-3-22-2-4-23-6-8-25-12-14/h10-11H,2-9,12-13H2,1H3. The summed E-state index contributed by atoms with van der Waals surface area (Å²) in [6.45, 7) is 4.48. The maximum atomic E-state index is 8.72. The minimum Gasteiger partial charge on any atom is -0.496 e. The molecule has 0 radical (unpaired) electrons. The van der Waals surface area contributed by atoms with Gasteiger partial charge in [-0.25, -0.2) is 0 Å². The van der Waals surface area contributed by atoms with Crippen LogP contribution in [0, 0.1) is 0 Å². The quantitative estimate of drug-likeness (QED) is 0.452. The lowest BCUT2D eigenvalue weighted by Crippen LogP contribution is -2.14. The van der Waals surface area contributed by atoms with E-state index < -0.39 is 0 Å². The van der Waals surface area contributed by atoms with Gasteiger partial charge in [-0.1, -0.05) is 5.11 Å². The van der Waals surface area contributed by atoms with Crippen LogP contribution in [0.5, 0.6) is 5.75 Å². The van der Waals surface area contributed by atoms with Crippen LogP contribution >= 0.6 is 0 Å². The Morgan fingerprint density at radius 2 is 1.23 bits per heavy atom. The summed E-state index contributed by atoms with van der Waals surface area (Å²) in [7, 11) is 1.59. The maximum Gasteiger partial charge on any atom is 0.129 e. The molecule has 0 amide bonds. The molecule has 1 heterocycles. The van der Waals surface area contributed by atoms with Gasteiger partial charge in [0.1, 0.15) is 5.75 Å². The highest BCUT2D eigenvalue weighted by Crippen LogP contribution is 2.31. The molecule has 9 heteroatoms. The zero-order chi connectivity index (χ0) is 18.5. The third-order valence-electron chi connectivity index (χ3n) is 3.60. The Balaban J connectivity index is 2.10. The molecule has 0 saturated heterocycles. The molecule has 2 bridgehead atoms. The van der Waals surface area contributed by atoms with Crippen molar-refractivity contribution < 1.29 is 28.4 Å². The van der Waals surface area contributed by atoms with Crippen LogP contribution in [0.25, 0.3) is 10.4 Å². The van der Waals surface area contributed by atoms with Crippen molar-refractivity contribution in [1.29, 1.82) is 0 Å². The summed E-state index contributed by atoms with van der Waals surface area (Å²) in [5, 5.41) is 3.69. The summed E-state index contributed by atoms with van der Waals surface area (Å²) in [4.78, 5) is 2.85. The molecule has 9 nitrogen and oxygen atoms in total. The predicted octanol–water partition coefficient (Wildman–Crippen LogP) is 2.73. The van der Waals surface area contributed by atoms with Gasteiger partial charge in [0.05, 0.1) is 73.2 Å². The van der Waals surface area contributed by atoms with E-state index >= 15 is 0 Å². The van der Waals surface area contributed by atoms with E-state index in [0.29, 0.717) is 77.5 Å². The second kappa shape index (κ2) is 12.5. The number of ether oxygens (including phenoxy) is 6. The van der Waals surface area contributed by atoms with Crippen molar-refractivity contribution in [2.24, 2.45) is 5.11 Å². The van der Waals surface area contributed by atoms with Crippen LogP contribution in [0.2, 0.25) is 0 Å². The fraction of sp³-hybridized carbons (Fsp3) is 0.647. The van der Waals surface area contributed by atoms with Crippen molar-refractivity contribution >= 4 is 5.69 Å². The summed E-state index contributed by atoms with van der Waals surface area (Å²) in [6.07, 6.45) is 0. The van der Waals surface area contributed by atoms with Gasteiger partial charge in [-0.05, 0) is 17.7 Å². The summed E-state index contributed by atoms with van der Waals surface area (Å²) >= 11 is 0. The molecule has 0 unspecified atom stereocenters. The van der Waals surface area contributed by atoms with Crippen molar-refractivity contribution in [2.45, 2.75) is 13.2 Å². The summed E-state index contributed by atoms with van der Waals surface area (Å²) in [5.41, 5.74) is 10.8. The fourth-order valence-electron chi connectivity index (χ4n) is 2.46. The number of nitrogens with zero attached hydrogens (tertiary/aromatic N) is 3. The van der Waals surface area contributed by atoms with Crippen LogP contribution in [-0.4, -0.2) is 60.0 Å². The number of methoxy groups -OCH3 is 1. The molecule has 1 aliphatic heterocycles. The third kappa shape index (κ3) is 7.17. The van der Waals surface area contributed by atoms with Gasteiger partial charge in [-0.3, -0.25) is 0 Å². The largest absolute Gasteiger partial charge is 0.496 e. The van der Waals surface area contributed by atoms with Gasteiger partial charge in [-0.15, -0.1) is 0 Å². The van der Waals surface area contributed by atoms with E-state index in [1.165, 1.54) is 0 Å².